The molecule has 1 atom stereocenters. The van der Waals surface area contributed by atoms with Crippen LogP contribution in [-0.4, -0.2) is 30.1 Å². The fourth-order valence-corrected chi connectivity index (χ4v) is 2.22. The molecule has 0 fully saturated rings. The Morgan fingerprint density at radius 1 is 1.00 bits per heavy atom. The highest BCUT2D eigenvalue weighted by atomic mass is 19.3. The molecule has 3 nitrogen and oxygen atoms in total. The molecule has 0 bridgehead atoms. The number of hydrogen-bond donors (Lipinski definition) is 2. The van der Waals surface area contributed by atoms with Gasteiger partial charge in [0.2, 0.25) is 0 Å². The van der Waals surface area contributed by atoms with Crippen LogP contribution in [0.15, 0.2) is 0 Å². The zero-order chi connectivity index (χ0) is 15.6. The van der Waals surface area contributed by atoms with Crippen LogP contribution in [-0.2, 0) is 0 Å². The number of amides is 1. The minimum Gasteiger partial charge on any atom is -0.385 e. The molecule has 2 N–H and O–H groups in total. The van der Waals surface area contributed by atoms with Gasteiger partial charge in [-0.05, 0) is 62.4 Å². The van der Waals surface area contributed by atoms with Crippen LogP contribution in [0.3, 0.4) is 0 Å². The number of halogens is 2. The average Bonchev–Trinajstić information content (AvgIpc) is 2.40. The summed E-state index contributed by atoms with van der Waals surface area (Å²) in [5.74, 6) is -0.425. The third kappa shape index (κ3) is 3.15. The second-order valence-electron chi connectivity index (χ2n) is 5.11. The van der Waals surface area contributed by atoms with Gasteiger partial charge in [0.25, 0.3) is 12.3 Å². The standard InChI is InChI=1S/C15H21F2NO2/c1-7-8(2)10(4)13(11(5)9(7)3)15(20)18-6-12(19)14(16)17/h12,14,19H,6H2,1-5H3,(H,18,20). The Morgan fingerprint density at radius 2 is 1.40 bits per heavy atom. The zero-order valence-corrected chi connectivity index (χ0v) is 12.5. The molecular weight excluding hydrogens is 264 g/mol. The molecule has 0 saturated carbocycles. The second-order valence-corrected chi connectivity index (χ2v) is 5.11. The van der Waals surface area contributed by atoms with E-state index in [9.17, 15) is 13.6 Å². The summed E-state index contributed by atoms with van der Waals surface area (Å²) in [6.45, 7) is 9.08. The fourth-order valence-electron chi connectivity index (χ4n) is 2.22. The molecule has 0 aliphatic heterocycles. The number of aliphatic hydroxyl groups is 1. The highest BCUT2D eigenvalue weighted by Crippen LogP contribution is 2.25. The highest BCUT2D eigenvalue weighted by Gasteiger charge is 2.21. The Kier molecular flexibility index (Phi) is 5.22. The van der Waals surface area contributed by atoms with Crippen LogP contribution in [0.2, 0.25) is 0 Å². The lowest BCUT2D eigenvalue weighted by molar-refractivity contribution is -0.00270. The van der Waals surface area contributed by atoms with Gasteiger partial charge in [-0.2, -0.15) is 0 Å². The van der Waals surface area contributed by atoms with Crippen LogP contribution in [0.1, 0.15) is 38.2 Å². The molecule has 0 heterocycles. The Bertz CT molecular complexity index is 498. The first-order valence-electron chi connectivity index (χ1n) is 6.49. The molecule has 0 aromatic heterocycles. The van der Waals surface area contributed by atoms with Crippen molar-refractivity contribution >= 4 is 5.91 Å². The van der Waals surface area contributed by atoms with E-state index in [1.807, 2.05) is 34.6 Å². The van der Waals surface area contributed by atoms with E-state index < -0.39 is 25.0 Å². The smallest absolute Gasteiger partial charge is 0.265 e. The van der Waals surface area contributed by atoms with Crippen LogP contribution in [0, 0.1) is 34.6 Å². The average molecular weight is 285 g/mol. The molecule has 1 rings (SSSR count). The van der Waals surface area contributed by atoms with Crippen molar-refractivity contribution in [1.82, 2.24) is 5.32 Å². The Labute approximate surface area is 118 Å². The van der Waals surface area contributed by atoms with Crippen LogP contribution in [0.5, 0.6) is 0 Å². The minimum absolute atomic E-state index is 0.425. The van der Waals surface area contributed by atoms with Crippen molar-refractivity contribution in [3.05, 3.63) is 33.4 Å². The minimum atomic E-state index is -2.86. The lowest BCUT2D eigenvalue weighted by Crippen LogP contribution is -2.36. The largest absolute Gasteiger partial charge is 0.385 e. The summed E-state index contributed by atoms with van der Waals surface area (Å²) in [4.78, 5) is 12.2. The van der Waals surface area contributed by atoms with E-state index in [2.05, 4.69) is 5.32 Å². The van der Waals surface area contributed by atoms with Gasteiger partial charge < -0.3 is 10.4 Å². The maximum atomic E-state index is 12.2. The molecule has 0 aliphatic carbocycles. The number of nitrogens with one attached hydrogen (secondary N) is 1. The van der Waals surface area contributed by atoms with Gasteiger partial charge in [-0.1, -0.05) is 0 Å². The van der Waals surface area contributed by atoms with Crippen molar-refractivity contribution in [2.24, 2.45) is 0 Å². The van der Waals surface area contributed by atoms with E-state index in [0.717, 1.165) is 27.8 Å². The number of hydrogen-bond acceptors (Lipinski definition) is 2. The Morgan fingerprint density at radius 3 is 1.80 bits per heavy atom. The number of carbonyl (C=O) groups excluding carboxylic acids is 1. The van der Waals surface area contributed by atoms with Crippen LogP contribution < -0.4 is 5.32 Å². The van der Waals surface area contributed by atoms with Crippen molar-refractivity contribution in [2.75, 3.05) is 6.54 Å². The van der Waals surface area contributed by atoms with Crippen molar-refractivity contribution in [3.8, 4) is 0 Å². The van der Waals surface area contributed by atoms with Crippen molar-refractivity contribution < 1.29 is 18.7 Å². The number of carbonyl (C=O) groups is 1. The van der Waals surface area contributed by atoms with Gasteiger partial charge in [0, 0.05) is 12.1 Å². The third-order valence-corrected chi connectivity index (χ3v) is 3.99. The molecule has 20 heavy (non-hydrogen) atoms. The summed E-state index contributed by atoms with van der Waals surface area (Å²) >= 11 is 0. The van der Waals surface area contributed by atoms with Gasteiger partial charge in [0.05, 0.1) is 0 Å². The number of alkyl halides is 2. The molecule has 0 radical (unpaired) electrons. The normalized spacial score (nSPS) is 12.7. The first kappa shape index (κ1) is 16.6. The summed E-state index contributed by atoms with van der Waals surface area (Å²) in [6, 6.07) is 0. The maximum Gasteiger partial charge on any atom is 0.265 e. The van der Waals surface area contributed by atoms with Gasteiger partial charge in [-0.25, -0.2) is 8.78 Å². The van der Waals surface area contributed by atoms with Crippen molar-refractivity contribution in [2.45, 2.75) is 47.1 Å². The fraction of sp³-hybridized carbons (Fsp3) is 0.533. The summed E-state index contributed by atoms with van der Waals surface area (Å²) in [5, 5.41) is 11.4. The monoisotopic (exact) mass is 285 g/mol. The predicted octanol–water partition coefficient (Wildman–Crippen LogP) is 2.58. The van der Waals surface area contributed by atoms with Crippen molar-refractivity contribution in [1.29, 1.82) is 0 Å². The Hall–Kier alpha value is -1.49. The van der Waals surface area contributed by atoms with E-state index in [1.54, 1.807) is 0 Å². The summed E-state index contributed by atoms with van der Waals surface area (Å²) in [6.07, 6.45) is -4.70. The first-order valence-corrected chi connectivity index (χ1v) is 6.49. The second kappa shape index (κ2) is 6.31. The highest BCUT2D eigenvalue weighted by molar-refractivity contribution is 5.98. The first-order chi connectivity index (χ1) is 9.18. The van der Waals surface area contributed by atoms with Crippen LogP contribution in [0.25, 0.3) is 0 Å². The number of rotatable bonds is 4. The topological polar surface area (TPSA) is 49.3 Å². The summed E-state index contributed by atoms with van der Waals surface area (Å²) in [7, 11) is 0. The molecule has 112 valence electrons. The van der Waals surface area contributed by atoms with Gasteiger partial charge in [-0.3, -0.25) is 4.79 Å². The van der Waals surface area contributed by atoms with Gasteiger partial charge in [0.1, 0.15) is 6.10 Å². The van der Waals surface area contributed by atoms with Gasteiger partial charge in [0.15, 0.2) is 0 Å². The summed E-state index contributed by atoms with van der Waals surface area (Å²) in [5.41, 5.74) is 5.36. The maximum absolute atomic E-state index is 12.2. The van der Waals surface area contributed by atoms with E-state index in [-0.39, 0.29) is 0 Å². The van der Waals surface area contributed by atoms with E-state index >= 15 is 0 Å². The van der Waals surface area contributed by atoms with Gasteiger partial charge in [-0.15, -0.1) is 0 Å². The molecule has 0 spiro atoms. The summed E-state index contributed by atoms with van der Waals surface area (Å²) < 4.78 is 24.4. The molecule has 5 heteroatoms. The number of aliphatic hydroxyl groups excluding tert-OH is 1. The lowest BCUT2D eigenvalue weighted by Gasteiger charge is -2.19. The quantitative estimate of drug-likeness (QED) is 0.893. The van der Waals surface area contributed by atoms with E-state index in [0.29, 0.717) is 5.56 Å². The SMILES string of the molecule is Cc1c(C)c(C)c(C(=O)NCC(O)C(F)F)c(C)c1C. The van der Waals surface area contributed by atoms with E-state index in [1.165, 1.54) is 0 Å². The van der Waals surface area contributed by atoms with Crippen LogP contribution >= 0.6 is 0 Å². The molecule has 1 aromatic carbocycles. The van der Waals surface area contributed by atoms with Crippen molar-refractivity contribution in [3.63, 3.8) is 0 Å². The van der Waals surface area contributed by atoms with Crippen LogP contribution in [0.4, 0.5) is 8.78 Å². The van der Waals surface area contributed by atoms with Gasteiger partial charge >= 0.3 is 0 Å². The Balaban J connectivity index is 3.06. The number of benzene rings is 1. The zero-order valence-electron chi connectivity index (χ0n) is 12.5. The molecule has 1 unspecified atom stereocenters. The molecule has 1 amide bonds. The molecule has 1 aromatic rings. The predicted molar refractivity (Wildman–Crippen MR) is 74.5 cm³/mol. The molecule has 0 saturated heterocycles. The van der Waals surface area contributed by atoms with E-state index in [4.69, 9.17) is 5.11 Å². The third-order valence-electron chi connectivity index (χ3n) is 3.99. The molecular formula is C15H21F2NO2. The lowest BCUT2D eigenvalue weighted by atomic mass is 9.89. The molecule has 0 aliphatic rings.